The Morgan fingerprint density at radius 3 is 2.24 bits per heavy atom. The lowest BCUT2D eigenvalue weighted by molar-refractivity contribution is -0.111. The Labute approximate surface area is 149 Å². The van der Waals surface area contributed by atoms with Gasteiger partial charge in [0.1, 0.15) is 0 Å². The second-order valence-corrected chi connectivity index (χ2v) is 6.89. The first kappa shape index (κ1) is 17.7. The molecule has 1 N–H and O–H groups in total. The Kier molecular flexibility index (Phi) is 5.87. The number of hydrogen-bond donors (Lipinski definition) is 1. The lowest BCUT2D eigenvalue weighted by Crippen LogP contribution is -2.52. The molecule has 5 heteroatoms. The van der Waals surface area contributed by atoms with Crippen molar-refractivity contribution in [2.75, 3.05) is 31.5 Å². The first-order valence-corrected chi connectivity index (χ1v) is 9.24. The Bertz CT molecular complexity index is 612. The van der Waals surface area contributed by atoms with E-state index in [2.05, 4.69) is 16.8 Å². The molecule has 1 aliphatic carbocycles. The quantitative estimate of drug-likeness (QED) is 0.857. The molecule has 1 aromatic carbocycles. The van der Waals surface area contributed by atoms with Crippen LogP contribution in [0.15, 0.2) is 36.9 Å². The van der Waals surface area contributed by atoms with Crippen molar-refractivity contribution in [2.45, 2.75) is 38.1 Å². The van der Waals surface area contributed by atoms with Gasteiger partial charge in [0.25, 0.3) is 5.91 Å². The van der Waals surface area contributed by atoms with Gasteiger partial charge in [0.05, 0.1) is 0 Å². The van der Waals surface area contributed by atoms with Crippen molar-refractivity contribution in [3.63, 3.8) is 0 Å². The van der Waals surface area contributed by atoms with E-state index in [9.17, 15) is 9.59 Å². The molecule has 1 heterocycles. The predicted octanol–water partition coefficient (Wildman–Crippen LogP) is 2.90. The summed E-state index contributed by atoms with van der Waals surface area (Å²) in [6.45, 7) is 6.97. The summed E-state index contributed by atoms with van der Waals surface area (Å²) >= 11 is 0. The SMILES string of the molecule is C=CC(=O)Nc1ccc(C(=O)N2CCN(C3CCCCC3)CC2)cc1. The summed E-state index contributed by atoms with van der Waals surface area (Å²) < 4.78 is 0. The van der Waals surface area contributed by atoms with Crippen molar-refractivity contribution in [3.05, 3.63) is 42.5 Å². The first-order chi connectivity index (χ1) is 12.2. The van der Waals surface area contributed by atoms with E-state index in [1.165, 1.54) is 38.2 Å². The second kappa shape index (κ2) is 8.30. The van der Waals surface area contributed by atoms with E-state index >= 15 is 0 Å². The summed E-state index contributed by atoms with van der Waals surface area (Å²) in [7, 11) is 0. The molecule has 3 rings (SSSR count). The highest BCUT2D eigenvalue weighted by atomic mass is 16.2. The smallest absolute Gasteiger partial charge is 0.253 e. The van der Waals surface area contributed by atoms with Crippen LogP contribution in [0.2, 0.25) is 0 Å². The number of piperazine rings is 1. The van der Waals surface area contributed by atoms with Gasteiger partial charge in [-0.25, -0.2) is 0 Å². The number of amides is 2. The van der Waals surface area contributed by atoms with E-state index in [4.69, 9.17) is 0 Å². The zero-order chi connectivity index (χ0) is 17.6. The van der Waals surface area contributed by atoms with Crippen LogP contribution in [0.1, 0.15) is 42.5 Å². The van der Waals surface area contributed by atoms with E-state index in [1.807, 2.05) is 4.90 Å². The van der Waals surface area contributed by atoms with Crippen molar-refractivity contribution >= 4 is 17.5 Å². The van der Waals surface area contributed by atoms with Crippen molar-refractivity contribution in [1.29, 1.82) is 0 Å². The topological polar surface area (TPSA) is 52.7 Å². The normalized spacial score (nSPS) is 19.4. The average molecular weight is 341 g/mol. The van der Waals surface area contributed by atoms with Gasteiger partial charge in [-0.15, -0.1) is 0 Å². The van der Waals surface area contributed by atoms with Crippen molar-refractivity contribution < 1.29 is 9.59 Å². The summed E-state index contributed by atoms with van der Waals surface area (Å²) in [4.78, 5) is 28.5. The fourth-order valence-corrected chi connectivity index (χ4v) is 3.81. The van der Waals surface area contributed by atoms with Crippen LogP contribution >= 0.6 is 0 Å². The van der Waals surface area contributed by atoms with Gasteiger partial charge in [-0.05, 0) is 43.2 Å². The third-order valence-corrected chi connectivity index (χ3v) is 5.28. The van der Waals surface area contributed by atoms with Gasteiger partial charge in [0.15, 0.2) is 0 Å². The summed E-state index contributed by atoms with van der Waals surface area (Å²) in [6.07, 6.45) is 7.91. The largest absolute Gasteiger partial charge is 0.336 e. The lowest BCUT2D eigenvalue weighted by atomic mass is 9.94. The van der Waals surface area contributed by atoms with Crippen molar-refractivity contribution in [2.24, 2.45) is 0 Å². The molecule has 5 nitrogen and oxygen atoms in total. The standard InChI is InChI=1S/C20H27N3O2/c1-2-19(24)21-17-10-8-16(9-11-17)20(25)23-14-12-22(13-15-23)18-6-4-3-5-7-18/h2,8-11,18H,1,3-7,12-15H2,(H,21,24). The molecule has 1 saturated heterocycles. The molecule has 2 amide bonds. The van der Waals surface area contributed by atoms with E-state index in [0.29, 0.717) is 11.3 Å². The van der Waals surface area contributed by atoms with E-state index in [1.54, 1.807) is 24.3 Å². The molecule has 0 atom stereocenters. The highest BCUT2D eigenvalue weighted by molar-refractivity contribution is 5.99. The molecule has 0 unspecified atom stereocenters. The van der Waals surface area contributed by atoms with E-state index in [0.717, 1.165) is 32.2 Å². The highest BCUT2D eigenvalue weighted by Gasteiger charge is 2.27. The number of hydrogen-bond acceptors (Lipinski definition) is 3. The van der Waals surface area contributed by atoms with Gasteiger partial charge in [-0.1, -0.05) is 25.8 Å². The summed E-state index contributed by atoms with van der Waals surface area (Å²) in [6, 6.07) is 7.78. The first-order valence-electron chi connectivity index (χ1n) is 9.24. The molecule has 25 heavy (non-hydrogen) atoms. The minimum absolute atomic E-state index is 0.0740. The summed E-state index contributed by atoms with van der Waals surface area (Å²) in [5.74, 6) is -0.178. The molecule has 0 aromatic heterocycles. The van der Waals surface area contributed by atoms with Crippen LogP contribution in [-0.2, 0) is 4.79 Å². The molecular formula is C20H27N3O2. The number of carbonyl (C=O) groups excluding carboxylic acids is 2. The van der Waals surface area contributed by atoms with Crippen LogP contribution in [0.25, 0.3) is 0 Å². The molecule has 1 aliphatic heterocycles. The van der Waals surface area contributed by atoms with E-state index < -0.39 is 0 Å². The van der Waals surface area contributed by atoms with Crippen LogP contribution in [0.5, 0.6) is 0 Å². The second-order valence-electron chi connectivity index (χ2n) is 6.89. The van der Waals surface area contributed by atoms with Crippen molar-refractivity contribution in [3.8, 4) is 0 Å². The molecule has 2 fully saturated rings. The predicted molar refractivity (Wildman–Crippen MR) is 99.6 cm³/mol. The third kappa shape index (κ3) is 4.48. The summed E-state index contributed by atoms with van der Waals surface area (Å²) in [5, 5.41) is 2.69. The van der Waals surface area contributed by atoms with Crippen molar-refractivity contribution in [1.82, 2.24) is 9.80 Å². The zero-order valence-corrected chi connectivity index (χ0v) is 14.7. The average Bonchev–Trinajstić information content (AvgIpc) is 2.69. The Hall–Kier alpha value is -2.14. The van der Waals surface area contributed by atoms with Gasteiger partial charge in [-0.2, -0.15) is 0 Å². The molecule has 1 saturated carbocycles. The maximum absolute atomic E-state index is 12.7. The van der Waals surface area contributed by atoms with Gasteiger partial charge < -0.3 is 10.2 Å². The van der Waals surface area contributed by atoms with Gasteiger partial charge in [0.2, 0.25) is 5.91 Å². The summed E-state index contributed by atoms with van der Waals surface area (Å²) in [5.41, 5.74) is 1.34. The molecule has 0 bridgehead atoms. The number of carbonyl (C=O) groups is 2. The fourth-order valence-electron chi connectivity index (χ4n) is 3.81. The van der Waals surface area contributed by atoms with Crippen LogP contribution < -0.4 is 5.32 Å². The third-order valence-electron chi connectivity index (χ3n) is 5.28. The Morgan fingerprint density at radius 1 is 1.00 bits per heavy atom. The minimum atomic E-state index is -0.252. The lowest BCUT2D eigenvalue weighted by Gasteiger charge is -2.40. The number of rotatable bonds is 4. The van der Waals surface area contributed by atoms with Crippen LogP contribution in [0, 0.1) is 0 Å². The molecular weight excluding hydrogens is 314 g/mol. The molecule has 134 valence electrons. The number of anilines is 1. The van der Waals surface area contributed by atoms with E-state index in [-0.39, 0.29) is 11.8 Å². The van der Waals surface area contributed by atoms with Gasteiger partial charge >= 0.3 is 0 Å². The maximum atomic E-state index is 12.7. The maximum Gasteiger partial charge on any atom is 0.253 e. The highest BCUT2D eigenvalue weighted by Crippen LogP contribution is 2.24. The number of benzene rings is 1. The molecule has 1 aromatic rings. The van der Waals surface area contributed by atoms with Crippen LogP contribution in [-0.4, -0.2) is 53.8 Å². The van der Waals surface area contributed by atoms with Gasteiger partial charge in [-0.3, -0.25) is 14.5 Å². The zero-order valence-electron chi connectivity index (χ0n) is 14.7. The fraction of sp³-hybridized carbons (Fsp3) is 0.500. The van der Waals surface area contributed by atoms with Gasteiger partial charge in [0, 0.05) is 43.5 Å². The van der Waals surface area contributed by atoms with Crippen LogP contribution in [0.3, 0.4) is 0 Å². The number of nitrogens with one attached hydrogen (secondary N) is 1. The Balaban J connectivity index is 1.53. The molecule has 0 spiro atoms. The number of nitrogens with zero attached hydrogens (tertiary/aromatic N) is 2. The molecule has 2 aliphatic rings. The van der Waals surface area contributed by atoms with Crippen LogP contribution in [0.4, 0.5) is 5.69 Å². The monoisotopic (exact) mass is 341 g/mol. The molecule has 0 radical (unpaired) electrons. The Morgan fingerprint density at radius 2 is 1.64 bits per heavy atom. The minimum Gasteiger partial charge on any atom is -0.336 e.